The van der Waals surface area contributed by atoms with E-state index in [4.69, 9.17) is 9.40 Å². The van der Waals surface area contributed by atoms with Gasteiger partial charge in [-0.25, -0.2) is 4.98 Å². The highest BCUT2D eigenvalue weighted by molar-refractivity contribution is 9.10. The molecule has 0 amide bonds. The summed E-state index contributed by atoms with van der Waals surface area (Å²) in [5, 5.41) is 6.81. The number of aromatic nitrogens is 1. The first-order valence-corrected chi connectivity index (χ1v) is 16.4. The van der Waals surface area contributed by atoms with E-state index >= 15 is 0 Å². The number of hydrogen-bond donors (Lipinski definition) is 0. The van der Waals surface area contributed by atoms with Gasteiger partial charge >= 0.3 is 0 Å². The normalized spacial score (nSPS) is 11.5. The Hall–Kier alpha value is -5.71. The molecule has 0 aliphatic carbocycles. The van der Waals surface area contributed by atoms with Gasteiger partial charge in [-0.2, -0.15) is 0 Å². The number of anilines is 3. The number of hydrogen-bond acceptors (Lipinski definition) is 3. The number of benzene rings is 8. The van der Waals surface area contributed by atoms with E-state index in [-0.39, 0.29) is 0 Å². The summed E-state index contributed by atoms with van der Waals surface area (Å²) < 4.78 is 7.53. The van der Waals surface area contributed by atoms with Crippen LogP contribution >= 0.6 is 15.9 Å². The summed E-state index contributed by atoms with van der Waals surface area (Å²) in [6.45, 7) is 0. The van der Waals surface area contributed by atoms with Gasteiger partial charge in [0.05, 0.1) is 0 Å². The van der Waals surface area contributed by atoms with Gasteiger partial charge in [0.2, 0.25) is 5.89 Å². The zero-order valence-corrected chi connectivity index (χ0v) is 26.9. The SMILES string of the molecule is Brc1ccc2c(c1)c1cc(-c3cccc(N(c4ccccc4)c4ccc5ccccc5c4)c3)ccc1c1oc(-c3ccccc3)nc21. The summed E-state index contributed by atoms with van der Waals surface area (Å²) in [7, 11) is 0. The van der Waals surface area contributed by atoms with Gasteiger partial charge < -0.3 is 9.32 Å². The van der Waals surface area contributed by atoms with Crippen molar-refractivity contribution in [3.05, 3.63) is 168 Å². The molecule has 9 rings (SSSR count). The van der Waals surface area contributed by atoms with Crippen molar-refractivity contribution in [3.63, 3.8) is 0 Å². The first-order chi connectivity index (χ1) is 23.2. The Morgan fingerprint density at radius 3 is 1.96 bits per heavy atom. The molecule has 1 aromatic heterocycles. The number of halogens is 1. The van der Waals surface area contributed by atoms with Crippen LogP contribution in [0.15, 0.2) is 173 Å². The zero-order valence-electron chi connectivity index (χ0n) is 25.3. The molecule has 1 heterocycles. The fourth-order valence-corrected chi connectivity index (χ4v) is 7.01. The number of fused-ring (bicyclic) bond motifs is 7. The summed E-state index contributed by atoms with van der Waals surface area (Å²) in [5.74, 6) is 0.629. The maximum absolute atomic E-state index is 6.50. The van der Waals surface area contributed by atoms with Gasteiger partial charge in [0.15, 0.2) is 5.58 Å². The summed E-state index contributed by atoms with van der Waals surface area (Å²) in [6.07, 6.45) is 0. The van der Waals surface area contributed by atoms with E-state index in [0.717, 1.165) is 70.9 Å². The third kappa shape index (κ3) is 4.86. The van der Waals surface area contributed by atoms with Gasteiger partial charge in [0.1, 0.15) is 5.52 Å². The Morgan fingerprint density at radius 2 is 1.11 bits per heavy atom. The molecule has 0 bridgehead atoms. The highest BCUT2D eigenvalue weighted by atomic mass is 79.9. The van der Waals surface area contributed by atoms with Crippen LogP contribution in [0.3, 0.4) is 0 Å². The Bertz CT molecular complexity index is 2590. The summed E-state index contributed by atoms with van der Waals surface area (Å²) in [6, 6.07) is 57.7. The van der Waals surface area contributed by atoms with Crippen molar-refractivity contribution in [1.29, 1.82) is 0 Å². The van der Waals surface area contributed by atoms with Crippen LogP contribution in [-0.2, 0) is 0 Å². The molecule has 4 heteroatoms. The van der Waals surface area contributed by atoms with Crippen LogP contribution in [-0.4, -0.2) is 4.98 Å². The van der Waals surface area contributed by atoms with Gasteiger partial charge in [-0.05, 0) is 105 Å². The molecular weight excluding hydrogens is 640 g/mol. The minimum Gasteiger partial charge on any atom is -0.435 e. The lowest BCUT2D eigenvalue weighted by molar-refractivity contribution is 0.623. The number of para-hydroxylation sites is 1. The van der Waals surface area contributed by atoms with Crippen molar-refractivity contribution in [2.45, 2.75) is 0 Å². The number of rotatable bonds is 5. The Morgan fingerprint density at radius 1 is 0.447 bits per heavy atom. The minimum absolute atomic E-state index is 0.629. The fraction of sp³-hybridized carbons (Fsp3) is 0. The average molecular weight is 668 g/mol. The van der Waals surface area contributed by atoms with Crippen LogP contribution in [0, 0.1) is 0 Å². The number of oxazole rings is 1. The smallest absolute Gasteiger partial charge is 0.227 e. The first kappa shape index (κ1) is 27.6. The zero-order chi connectivity index (χ0) is 31.3. The largest absolute Gasteiger partial charge is 0.435 e. The van der Waals surface area contributed by atoms with Gasteiger partial charge in [-0.1, -0.05) is 107 Å². The van der Waals surface area contributed by atoms with Crippen LogP contribution in [0.25, 0.3) is 66.0 Å². The maximum atomic E-state index is 6.50. The van der Waals surface area contributed by atoms with Crippen molar-refractivity contribution in [1.82, 2.24) is 4.98 Å². The van der Waals surface area contributed by atoms with Gasteiger partial charge in [0.25, 0.3) is 0 Å². The van der Waals surface area contributed by atoms with E-state index in [2.05, 4.69) is 154 Å². The molecule has 47 heavy (non-hydrogen) atoms. The standard InChI is InChI=1S/C43H27BrN2O/c44-33-20-23-37-40(27-33)39-26-32(19-22-38(39)42-41(37)45-43(47-42)29-11-3-1-4-12-29)31-14-9-17-35(25-31)46(34-15-5-2-6-16-34)36-21-18-28-10-7-8-13-30(28)24-36/h1-27H. The van der Waals surface area contributed by atoms with Crippen LogP contribution in [0.1, 0.15) is 0 Å². The predicted molar refractivity (Wildman–Crippen MR) is 200 cm³/mol. The molecule has 0 aliphatic heterocycles. The second-order valence-corrected chi connectivity index (χ2v) is 12.7. The molecular formula is C43H27BrN2O. The molecule has 0 saturated carbocycles. The molecule has 0 N–H and O–H groups in total. The quantitative estimate of drug-likeness (QED) is 0.171. The van der Waals surface area contributed by atoms with E-state index < -0.39 is 0 Å². The van der Waals surface area contributed by atoms with Crippen molar-refractivity contribution in [3.8, 4) is 22.6 Å². The molecule has 0 fully saturated rings. The second kappa shape index (κ2) is 11.3. The summed E-state index contributed by atoms with van der Waals surface area (Å²) in [4.78, 5) is 7.32. The van der Waals surface area contributed by atoms with Crippen LogP contribution < -0.4 is 4.90 Å². The topological polar surface area (TPSA) is 29.3 Å². The molecule has 3 nitrogen and oxygen atoms in total. The third-order valence-corrected chi connectivity index (χ3v) is 9.38. The second-order valence-electron chi connectivity index (χ2n) is 11.8. The Kier molecular flexibility index (Phi) is 6.61. The lowest BCUT2D eigenvalue weighted by atomic mass is 9.96. The highest BCUT2D eigenvalue weighted by Gasteiger charge is 2.18. The monoisotopic (exact) mass is 666 g/mol. The van der Waals surface area contributed by atoms with Crippen LogP contribution in [0.4, 0.5) is 17.1 Å². The molecule has 0 unspecified atom stereocenters. The van der Waals surface area contributed by atoms with E-state index in [0.29, 0.717) is 5.89 Å². The molecule has 0 atom stereocenters. The predicted octanol–water partition coefficient (Wildman–Crippen LogP) is 12.9. The van der Waals surface area contributed by atoms with E-state index in [1.807, 2.05) is 30.3 Å². The molecule has 0 radical (unpaired) electrons. The van der Waals surface area contributed by atoms with Gasteiger partial charge in [0, 0.05) is 37.9 Å². The molecule has 9 aromatic rings. The Balaban J connectivity index is 1.22. The molecule has 0 aliphatic rings. The lowest BCUT2D eigenvalue weighted by Crippen LogP contribution is -2.09. The molecule has 0 saturated heterocycles. The van der Waals surface area contributed by atoms with Gasteiger partial charge in [-0.3, -0.25) is 0 Å². The average Bonchev–Trinajstić information content (AvgIpc) is 3.59. The lowest BCUT2D eigenvalue weighted by Gasteiger charge is -2.26. The molecule has 0 spiro atoms. The fourth-order valence-electron chi connectivity index (χ4n) is 6.64. The molecule has 222 valence electrons. The van der Waals surface area contributed by atoms with Crippen molar-refractivity contribution in [2.24, 2.45) is 0 Å². The number of nitrogens with zero attached hydrogens (tertiary/aromatic N) is 2. The van der Waals surface area contributed by atoms with Gasteiger partial charge in [-0.15, -0.1) is 0 Å². The maximum Gasteiger partial charge on any atom is 0.227 e. The molecule has 8 aromatic carbocycles. The Labute approximate surface area is 280 Å². The minimum atomic E-state index is 0.629. The highest BCUT2D eigenvalue weighted by Crippen LogP contribution is 2.41. The van der Waals surface area contributed by atoms with E-state index in [1.54, 1.807) is 0 Å². The first-order valence-electron chi connectivity index (χ1n) is 15.6. The van der Waals surface area contributed by atoms with Crippen LogP contribution in [0.5, 0.6) is 0 Å². The van der Waals surface area contributed by atoms with Crippen LogP contribution in [0.2, 0.25) is 0 Å². The van der Waals surface area contributed by atoms with E-state index in [1.165, 1.54) is 10.8 Å². The van der Waals surface area contributed by atoms with Crippen molar-refractivity contribution >= 4 is 76.4 Å². The van der Waals surface area contributed by atoms with Crippen molar-refractivity contribution < 1.29 is 4.42 Å². The summed E-state index contributed by atoms with van der Waals surface area (Å²) >= 11 is 3.72. The van der Waals surface area contributed by atoms with Crippen molar-refractivity contribution in [2.75, 3.05) is 4.90 Å². The summed E-state index contributed by atoms with van der Waals surface area (Å²) in [5.41, 5.74) is 8.23. The van der Waals surface area contributed by atoms with E-state index in [9.17, 15) is 0 Å². The third-order valence-electron chi connectivity index (χ3n) is 8.88.